The molecule has 0 radical (unpaired) electrons. The Morgan fingerprint density at radius 2 is 2.21 bits per heavy atom. The van der Waals surface area contributed by atoms with Gasteiger partial charge in [0.1, 0.15) is 6.61 Å². The summed E-state index contributed by atoms with van der Waals surface area (Å²) in [5, 5.41) is 4.06. The molecule has 0 bridgehead atoms. The highest BCUT2D eigenvalue weighted by atomic mass is 32.2. The molecule has 14 heavy (non-hydrogen) atoms. The van der Waals surface area contributed by atoms with E-state index in [1.807, 2.05) is 13.8 Å². The van der Waals surface area contributed by atoms with Crippen molar-refractivity contribution in [1.82, 2.24) is 9.78 Å². The van der Waals surface area contributed by atoms with Crippen LogP contribution in [0.25, 0.3) is 0 Å². The molecule has 1 aromatic heterocycles. The Balaban J connectivity index is 2.72. The lowest BCUT2D eigenvalue weighted by Crippen LogP contribution is -2.10. The minimum Gasteiger partial charge on any atom is -0.265 e. The highest BCUT2D eigenvalue weighted by molar-refractivity contribution is 7.85. The summed E-state index contributed by atoms with van der Waals surface area (Å²) < 4.78 is 27.9. The largest absolute Gasteiger partial charge is 0.265 e. The number of rotatable bonds is 4. The van der Waals surface area contributed by atoms with Crippen molar-refractivity contribution in [3.63, 3.8) is 0 Å². The van der Waals surface area contributed by atoms with E-state index < -0.39 is 10.1 Å². The maximum absolute atomic E-state index is 10.8. The summed E-state index contributed by atoms with van der Waals surface area (Å²) in [6.07, 6.45) is 2.66. The third-order valence-electron chi connectivity index (χ3n) is 1.66. The van der Waals surface area contributed by atoms with Crippen molar-refractivity contribution in [2.45, 2.75) is 26.5 Å². The lowest BCUT2D eigenvalue weighted by molar-refractivity contribution is 0.294. The zero-order chi connectivity index (χ0) is 10.8. The normalized spacial score (nSPS) is 12.3. The van der Waals surface area contributed by atoms with Gasteiger partial charge in [-0.3, -0.25) is 8.86 Å². The second kappa shape index (κ2) is 4.10. The quantitative estimate of drug-likeness (QED) is 0.706. The van der Waals surface area contributed by atoms with Gasteiger partial charge in [-0.2, -0.15) is 13.5 Å². The Labute approximate surface area is 83.8 Å². The van der Waals surface area contributed by atoms with Gasteiger partial charge in [-0.25, -0.2) is 0 Å². The Bertz CT molecular complexity index is 394. The minimum atomic E-state index is -3.38. The maximum Gasteiger partial charge on any atom is 0.264 e. The molecule has 0 unspecified atom stereocenters. The van der Waals surface area contributed by atoms with E-state index in [-0.39, 0.29) is 12.6 Å². The molecule has 5 nitrogen and oxygen atoms in total. The van der Waals surface area contributed by atoms with Crippen LogP contribution < -0.4 is 0 Å². The summed E-state index contributed by atoms with van der Waals surface area (Å²) in [5.41, 5.74) is 0.755. The molecule has 80 valence electrons. The zero-order valence-corrected chi connectivity index (χ0v) is 9.28. The molecular formula is C8H14N2O3S. The Kier molecular flexibility index (Phi) is 3.28. The Hall–Kier alpha value is -0.880. The molecule has 0 amide bonds. The van der Waals surface area contributed by atoms with E-state index in [1.165, 1.54) is 0 Å². The molecule has 0 saturated heterocycles. The second-order valence-corrected chi connectivity index (χ2v) is 4.97. The van der Waals surface area contributed by atoms with Gasteiger partial charge >= 0.3 is 0 Å². The molecule has 0 atom stereocenters. The lowest BCUT2D eigenvalue weighted by atomic mass is 10.3. The van der Waals surface area contributed by atoms with Crippen molar-refractivity contribution in [1.29, 1.82) is 0 Å². The van der Waals surface area contributed by atoms with E-state index in [1.54, 1.807) is 16.9 Å². The van der Waals surface area contributed by atoms with E-state index in [0.717, 1.165) is 11.9 Å². The molecule has 0 aliphatic heterocycles. The number of nitrogens with zero attached hydrogens (tertiary/aromatic N) is 2. The van der Waals surface area contributed by atoms with Crippen LogP contribution in [0.15, 0.2) is 12.3 Å². The van der Waals surface area contributed by atoms with Gasteiger partial charge in [0.2, 0.25) is 0 Å². The maximum atomic E-state index is 10.8. The van der Waals surface area contributed by atoms with Crippen LogP contribution in [-0.2, 0) is 20.9 Å². The standard InChI is InChI=1S/C8H14N2O3S/c1-7(2)10-8(4-5-9-10)6-13-14(3,11)12/h4-5,7H,6H2,1-3H3. The fourth-order valence-corrected chi connectivity index (χ4v) is 1.42. The molecular weight excluding hydrogens is 204 g/mol. The lowest BCUT2D eigenvalue weighted by Gasteiger charge is -2.10. The van der Waals surface area contributed by atoms with Gasteiger partial charge < -0.3 is 0 Å². The van der Waals surface area contributed by atoms with Crippen LogP contribution in [0.5, 0.6) is 0 Å². The van der Waals surface area contributed by atoms with Gasteiger partial charge in [0.15, 0.2) is 0 Å². The van der Waals surface area contributed by atoms with Crippen molar-refractivity contribution >= 4 is 10.1 Å². The molecule has 0 aliphatic carbocycles. The predicted octanol–water partition coefficient (Wildman–Crippen LogP) is 0.940. The molecule has 0 saturated carbocycles. The van der Waals surface area contributed by atoms with E-state index in [0.29, 0.717) is 0 Å². The third-order valence-corrected chi connectivity index (χ3v) is 2.21. The first kappa shape index (κ1) is 11.2. The van der Waals surface area contributed by atoms with Crippen molar-refractivity contribution in [2.75, 3.05) is 6.26 Å². The molecule has 6 heteroatoms. The van der Waals surface area contributed by atoms with Crippen LogP contribution in [0.1, 0.15) is 25.6 Å². The molecule has 0 aromatic carbocycles. The topological polar surface area (TPSA) is 61.2 Å². The van der Waals surface area contributed by atoms with Gasteiger partial charge in [-0.1, -0.05) is 0 Å². The molecule has 0 fully saturated rings. The fourth-order valence-electron chi connectivity index (χ4n) is 1.09. The van der Waals surface area contributed by atoms with Crippen LogP contribution in [0.4, 0.5) is 0 Å². The first-order valence-corrected chi connectivity index (χ1v) is 6.08. The summed E-state index contributed by atoms with van der Waals surface area (Å²) >= 11 is 0. The van der Waals surface area contributed by atoms with Crippen LogP contribution in [-0.4, -0.2) is 24.5 Å². The first-order chi connectivity index (χ1) is 6.40. The minimum absolute atomic E-state index is 0.0387. The van der Waals surface area contributed by atoms with E-state index in [9.17, 15) is 8.42 Å². The molecule has 1 heterocycles. The molecule has 1 rings (SSSR count). The number of hydrogen-bond acceptors (Lipinski definition) is 4. The van der Waals surface area contributed by atoms with E-state index >= 15 is 0 Å². The smallest absolute Gasteiger partial charge is 0.264 e. The van der Waals surface area contributed by atoms with Gasteiger partial charge in [0.25, 0.3) is 10.1 Å². The summed E-state index contributed by atoms with van der Waals surface area (Å²) in [5.74, 6) is 0. The molecule has 0 aliphatic rings. The SMILES string of the molecule is CC(C)n1nccc1COS(C)(=O)=O. The van der Waals surface area contributed by atoms with Crippen LogP contribution in [0.2, 0.25) is 0 Å². The van der Waals surface area contributed by atoms with Crippen molar-refractivity contribution in [3.8, 4) is 0 Å². The van der Waals surface area contributed by atoms with Crippen molar-refractivity contribution in [2.24, 2.45) is 0 Å². The van der Waals surface area contributed by atoms with E-state index in [2.05, 4.69) is 9.28 Å². The monoisotopic (exact) mass is 218 g/mol. The summed E-state index contributed by atoms with van der Waals surface area (Å²) in [6.45, 7) is 3.98. The molecule has 1 aromatic rings. The van der Waals surface area contributed by atoms with E-state index in [4.69, 9.17) is 0 Å². The zero-order valence-electron chi connectivity index (χ0n) is 8.47. The number of aromatic nitrogens is 2. The average molecular weight is 218 g/mol. The molecule has 0 N–H and O–H groups in total. The summed E-state index contributed by atoms with van der Waals surface area (Å²) in [6, 6.07) is 1.94. The average Bonchev–Trinajstić information content (AvgIpc) is 2.46. The first-order valence-electron chi connectivity index (χ1n) is 4.27. The Morgan fingerprint density at radius 3 is 2.71 bits per heavy atom. The highest BCUT2D eigenvalue weighted by Crippen LogP contribution is 2.09. The van der Waals surface area contributed by atoms with Gasteiger partial charge in [-0.15, -0.1) is 0 Å². The van der Waals surface area contributed by atoms with Gasteiger partial charge in [0.05, 0.1) is 11.9 Å². The highest BCUT2D eigenvalue weighted by Gasteiger charge is 2.08. The van der Waals surface area contributed by atoms with Crippen LogP contribution >= 0.6 is 0 Å². The summed E-state index contributed by atoms with van der Waals surface area (Å²) in [7, 11) is -3.38. The van der Waals surface area contributed by atoms with Gasteiger partial charge in [-0.05, 0) is 19.9 Å². The predicted molar refractivity (Wildman–Crippen MR) is 52.2 cm³/mol. The summed E-state index contributed by atoms with van der Waals surface area (Å²) in [4.78, 5) is 0. The van der Waals surface area contributed by atoms with Gasteiger partial charge in [0, 0.05) is 12.2 Å². The van der Waals surface area contributed by atoms with Crippen LogP contribution in [0.3, 0.4) is 0 Å². The third kappa shape index (κ3) is 3.12. The second-order valence-electron chi connectivity index (χ2n) is 3.33. The molecule has 0 spiro atoms. The fraction of sp³-hybridized carbons (Fsp3) is 0.625. The van der Waals surface area contributed by atoms with Crippen molar-refractivity contribution in [3.05, 3.63) is 18.0 Å². The van der Waals surface area contributed by atoms with Crippen molar-refractivity contribution < 1.29 is 12.6 Å². The van der Waals surface area contributed by atoms with Crippen LogP contribution in [0, 0.1) is 0 Å². The number of hydrogen-bond donors (Lipinski definition) is 0. The Morgan fingerprint density at radius 1 is 1.57 bits per heavy atom.